The number of nitrogens with zero attached hydrogens (tertiary/aromatic N) is 2. The third-order valence-electron chi connectivity index (χ3n) is 3.94. The Bertz CT molecular complexity index is 365. The lowest BCUT2D eigenvalue weighted by Crippen LogP contribution is -2.50. The highest BCUT2D eigenvalue weighted by Crippen LogP contribution is 2.26. The smallest absolute Gasteiger partial charge is 0.282 e. The summed E-state index contributed by atoms with van der Waals surface area (Å²) >= 11 is 0. The molecule has 0 aromatic rings. The van der Waals surface area contributed by atoms with Gasteiger partial charge in [-0.25, -0.2) is 0 Å². The lowest BCUT2D eigenvalue weighted by molar-refractivity contribution is 0.131. The molecule has 0 heterocycles. The third-order valence-corrected chi connectivity index (χ3v) is 5.95. The van der Waals surface area contributed by atoms with Gasteiger partial charge in [0.15, 0.2) is 0 Å². The van der Waals surface area contributed by atoms with E-state index in [1.54, 1.807) is 14.0 Å². The normalized spacial score (nSPS) is 19.7. The highest BCUT2D eigenvalue weighted by atomic mass is 32.2. The van der Waals surface area contributed by atoms with E-state index in [0.29, 0.717) is 6.54 Å². The van der Waals surface area contributed by atoms with Crippen molar-refractivity contribution >= 4 is 10.2 Å². The molecule has 0 aromatic heterocycles. The lowest BCUT2D eigenvalue weighted by atomic mass is 9.95. The summed E-state index contributed by atoms with van der Waals surface area (Å²) in [5.41, 5.74) is 0. The molecule has 0 aliphatic heterocycles. The first-order chi connectivity index (χ1) is 9.39. The molecule has 0 aromatic carbocycles. The van der Waals surface area contributed by atoms with E-state index < -0.39 is 16.3 Å². The molecule has 1 aliphatic rings. The lowest BCUT2D eigenvalue weighted by Gasteiger charge is -2.36. The van der Waals surface area contributed by atoms with Gasteiger partial charge in [-0.3, -0.25) is 0 Å². The zero-order valence-corrected chi connectivity index (χ0v) is 13.9. The van der Waals surface area contributed by atoms with Crippen LogP contribution in [0.4, 0.5) is 0 Å². The number of aliphatic hydroxyl groups is 1. The van der Waals surface area contributed by atoms with Gasteiger partial charge in [-0.15, -0.1) is 0 Å². The second-order valence-electron chi connectivity index (χ2n) is 5.89. The van der Waals surface area contributed by atoms with Gasteiger partial charge < -0.3 is 5.11 Å². The van der Waals surface area contributed by atoms with E-state index in [2.05, 4.69) is 6.92 Å². The predicted molar refractivity (Wildman–Crippen MR) is 81.7 cm³/mol. The van der Waals surface area contributed by atoms with Crippen molar-refractivity contribution in [3.05, 3.63) is 0 Å². The van der Waals surface area contributed by atoms with Gasteiger partial charge >= 0.3 is 0 Å². The molecule has 0 saturated heterocycles. The maximum atomic E-state index is 12.7. The monoisotopic (exact) mass is 306 g/mol. The van der Waals surface area contributed by atoms with Gasteiger partial charge in [0.05, 0.1) is 6.10 Å². The van der Waals surface area contributed by atoms with Crippen LogP contribution >= 0.6 is 0 Å². The van der Waals surface area contributed by atoms with Crippen LogP contribution in [0.15, 0.2) is 0 Å². The fourth-order valence-corrected chi connectivity index (χ4v) is 4.45. The second-order valence-corrected chi connectivity index (χ2v) is 7.88. The third kappa shape index (κ3) is 4.98. The Morgan fingerprint density at radius 2 is 1.85 bits per heavy atom. The molecule has 20 heavy (non-hydrogen) atoms. The Morgan fingerprint density at radius 1 is 1.25 bits per heavy atom. The number of aliphatic hydroxyl groups excluding tert-OH is 1. The summed E-state index contributed by atoms with van der Waals surface area (Å²) in [4.78, 5) is 0. The first-order valence-electron chi connectivity index (χ1n) is 7.80. The highest BCUT2D eigenvalue weighted by Gasteiger charge is 2.34. The molecule has 1 N–H and O–H groups in total. The summed E-state index contributed by atoms with van der Waals surface area (Å²) < 4.78 is 28.4. The average molecular weight is 306 g/mol. The van der Waals surface area contributed by atoms with E-state index in [4.69, 9.17) is 0 Å². The van der Waals surface area contributed by atoms with Gasteiger partial charge in [-0.05, 0) is 26.2 Å². The number of unbranched alkanes of at least 4 members (excludes halogenated alkanes) is 1. The second kappa shape index (κ2) is 8.32. The Morgan fingerprint density at radius 3 is 2.35 bits per heavy atom. The minimum atomic E-state index is -3.46. The van der Waals surface area contributed by atoms with Crippen molar-refractivity contribution in [2.75, 3.05) is 20.1 Å². The largest absolute Gasteiger partial charge is 0.392 e. The van der Waals surface area contributed by atoms with Crippen LogP contribution in [-0.2, 0) is 10.2 Å². The minimum absolute atomic E-state index is 0.0485. The molecule has 0 amide bonds. The fourth-order valence-electron chi connectivity index (χ4n) is 2.74. The molecule has 0 radical (unpaired) electrons. The molecule has 6 heteroatoms. The summed E-state index contributed by atoms with van der Waals surface area (Å²) in [5.74, 6) is 0. The van der Waals surface area contributed by atoms with Gasteiger partial charge in [0.1, 0.15) is 0 Å². The topological polar surface area (TPSA) is 60.9 Å². The molecule has 1 atom stereocenters. The van der Waals surface area contributed by atoms with Gasteiger partial charge in [-0.1, -0.05) is 32.6 Å². The van der Waals surface area contributed by atoms with E-state index in [0.717, 1.165) is 38.5 Å². The molecular weight excluding hydrogens is 276 g/mol. The Kier molecular flexibility index (Phi) is 7.43. The van der Waals surface area contributed by atoms with Gasteiger partial charge in [0, 0.05) is 26.2 Å². The first kappa shape index (κ1) is 17.9. The maximum Gasteiger partial charge on any atom is 0.282 e. The van der Waals surface area contributed by atoms with Crippen LogP contribution < -0.4 is 0 Å². The van der Waals surface area contributed by atoms with Crippen LogP contribution in [0.5, 0.6) is 0 Å². The van der Waals surface area contributed by atoms with Crippen LogP contribution in [0.25, 0.3) is 0 Å². The predicted octanol–water partition coefficient (Wildman–Crippen LogP) is 1.98. The van der Waals surface area contributed by atoms with Crippen molar-refractivity contribution in [2.45, 2.75) is 70.9 Å². The zero-order valence-electron chi connectivity index (χ0n) is 13.1. The van der Waals surface area contributed by atoms with Crippen LogP contribution in [0, 0.1) is 0 Å². The number of rotatable bonds is 8. The van der Waals surface area contributed by atoms with E-state index >= 15 is 0 Å². The number of hydrogen-bond acceptors (Lipinski definition) is 3. The Balaban J connectivity index is 2.84. The van der Waals surface area contributed by atoms with Gasteiger partial charge in [0.2, 0.25) is 0 Å². The molecular formula is C14H30N2O3S. The molecule has 0 bridgehead atoms. The molecule has 5 nitrogen and oxygen atoms in total. The van der Waals surface area contributed by atoms with Crippen molar-refractivity contribution in [3.63, 3.8) is 0 Å². The summed E-state index contributed by atoms with van der Waals surface area (Å²) in [6.45, 7) is 4.44. The van der Waals surface area contributed by atoms with Crippen LogP contribution in [0.3, 0.4) is 0 Å². The van der Waals surface area contributed by atoms with E-state index in [1.165, 1.54) is 15.0 Å². The number of hydrogen-bond donors (Lipinski definition) is 1. The highest BCUT2D eigenvalue weighted by molar-refractivity contribution is 7.86. The van der Waals surface area contributed by atoms with Crippen molar-refractivity contribution in [2.24, 2.45) is 0 Å². The van der Waals surface area contributed by atoms with Crippen molar-refractivity contribution in [3.8, 4) is 0 Å². The molecule has 120 valence electrons. The fraction of sp³-hybridized carbons (Fsp3) is 1.00. The summed E-state index contributed by atoms with van der Waals surface area (Å²) in [6, 6.07) is 0.0485. The minimum Gasteiger partial charge on any atom is -0.392 e. The van der Waals surface area contributed by atoms with Crippen molar-refractivity contribution in [1.82, 2.24) is 8.61 Å². The maximum absolute atomic E-state index is 12.7. The van der Waals surface area contributed by atoms with Crippen molar-refractivity contribution < 1.29 is 13.5 Å². The average Bonchev–Trinajstić information content (AvgIpc) is 2.42. The van der Waals surface area contributed by atoms with Gasteiger partial charge in [-0.2, -0.15) is 17.0 Å². The van der Waals surface area contributed by atoms with E-state index in [-0.39, 0.29) is 12.6 Å². The molecule has 1 rings (SSSR count). The first-order valence-corrected chi connectivity index (χ1v) is 9.20. The van der Waals surface area contributed by atoms with Crippen molar-refractivity contribution in [1.29, 1.82) is 0 Å². The molecule has 1 unspecified atom stereocenters. The quantitative estimate of drug-likeness (QED) is 0.746. The standard InChI is InChI=1S/C14H30N2O3S/c1-4-5-11-15(3)20(18,19)16(12-13(2)17)14-9-7-6-8-10-14/h13-14,17H,4-12H2,1-3H3. The van der Waals surface area contributed by atoms with E-state index in [9.17, 15) is 13.5 Å². The van der Waals surface area contributed by atoms with Crippen LogP contribution in [0.1, 0.15) is 58.8 Å². The Labute approximate surface area is 124 Å². The van der Waals surface area contributed by atoms with Gasteiger partial charge in [0.25, 0.3) is 10.2 Å². The molecule has 1 saturated carbocycles. The SMILES string of the molecule is CCCCN(C)S(=O)(=O)N(CC(C)O)C1CCCCC1. The Hall–Kier alpha value is -0.170. The summed E-state index contributed by atoms with van der Waals surface area (Å²) in [7, 11) is -1.82. The zero-order chi connectivity index (χ0) is 15.2. The van der Waals surface area contributed by atoms with Crippen LogP contribution in [0.2, 0.25) is 0 Å². The molecule has 1 aliphatic carbocycles. The summed E-state index contributed by atoms with van der Waals surface area (Å²) in [6.07, 6.45) is 6.37. The molecule has 0 spiro atoms. The summed E-state index contributed by atoms with van der Waals surface area (Å²) in [5, 5.41) is 9.65. The van der Waals surface area contributed by atoms with Crippen LogP contribution in [-0.4, -0.2) is 54.4 Å². The van der Waals surface area contributed by atoms with E-state index in [1.807, 2.05) is 0 Å². The molecule has 1 fully saturated rings.